The highest BCUT2D eigenvalue weighted by Gasteiger charge is 2.09. The predicted molar refractivity (Wildman–Crippen MR) is 49.1 cm³/mol. The molecule has 0 aromatic heterocycles. The topological polar surface area (TPSA) is 9.23 Å². The molecule has 0 bridgehead atoms. The fraction of sp³-hybridized carbons (Fsp3) is 0.273. The first-order valence-corrected chi connectivity index (χ1v) is 4.26. The third-order valence-corrected chi connectivity index (χ3v) is 2.11. The summed E-state index contributed by atoms with van der Waals surface area (Å²) in [4.78, 5) is 0. The summed E-state index contributed by atoms with van der Waals surface area (Å²) >= 11 is 0. The maximum atomic E-state index is 5.35. The van der Waals surface area contributed by atoms with Crippen molar-refractivity contribution in [2.45, 2.75) is 5.92 Å². The van der Waals surface area contributed by atoms with E-state index >= 15 is 0 Å². The highest BCUT2D eigenvalue weighted by Crippen LogP contribution is 2.19. The highest BCUT2D eigenvalue weighted by molar-refractivity contribution is 5.24. The maximum Gasteiger partial charge on any atom is 0.0648 e. The van der Waals surface area contributed by atoms with E-state index in [9.17, 15) is 0 Å². The molecule has 62 valence electrons. The standard InChI is InChI=1S/C11H12O/c1-2-5-10(6-3-1)11-7-4-8-12-9-11/h1-7,11H,8-9H2/t11-/m1/s1. The maximum absolute atomic E-state index is 5.35. The van der Waals surface area contributed by atoms with Crippen molar-refractivity contribution in [1.82, 2.24) is 0 Å². The monoisotopic (exact) mass is 160 g/mol. The van der Waals surface area contributed by atoms with Crippen LogP contribution in [0.15, 0.2) is 42.5 Å². The minimum absolute atomic E-state index is 0.458. The largest absolute Gasteiger partial charge is 0.376 e. The zero-order valence-electron chi connectivity index (χ0n) is 6.94. The zero-order chi connectivity index (χ0) is 8.23. The molecule has 1 atom stereocenters. The van der Waals surface area contributed by atoms with Crippen LogP contribution in [0.4, 0.5) is 0 Å². The van der Waals surface area contributed by atoms with E-state index in [1.165, 1.54) is 5.56 Å². The van der Waals surface area contributed by atoms with Crippen LogP contribution in [0.25, 0.3) is 0 Å². The van der Waals surface area contributed by atoms with Crippen molar-refractivity contribution < 1.29 is 4.74 Å². The van der Waals surface area contributed by atoms with Crippen molar-refractivity contribution in [3.05, 3.63) is 48.0 Å². The van der Waals surface area contributed by atoms with Crippen molar-refractivity contribution in [1.29, 1.82) is 0 Å². The molecule has 0 aliphatic carbocycles. The van der Waals surface area contributed by atoms with Crippen LogP contribution in [-0.4, -0.2) is 13.2 Å². The summed E-state index contributed by atoms with van der Waals surface area (Å²) in [5.74, 6) is 0.458. The summed E-state index contributed by atoms with van der Waals surface area (Å²) in [5.41, 5.74) is 1.34. The van der Waals surface area contributed by atoms with Crippen LogP contribution < -0.4 is 0 Å². The average Bonchev–Trinajstić information content (AvgIpc) is 2.21. The fourth-order valence-corrected chi connectivity index (χ4v) is 1.45. The second-order valence-electron chi connectivity index (χ2n) is 2.98. The van der Waals surface area contributed by atoms with E-state index in [4.69, 9.17) is 4.74 Å². The molecule has 2 rings (SSSR count). The van der Waals surface area contributed by atoms with Crippen molar-refractivity contribution in [2.24, 2.45) is 0 Å². The van der Waals surface area contributed by atoms with Gasteiger partial charge in [-0.1, -0.05) is 42.5 Å². The molecule has 1 heterocycles. The molecule has 0 spiro atoms. The Hall–Kier alpha value is -1.08. The first-order valence-electron chi connectivity index (χ1n) is 4.26. The van der Waals surface area contributed by atoms with E-state index in [1.807, 2.05) is 6.07 Å². The second-order valence-corrected chi connectivity index (χ2v) is 2.98. The molecule has 0 saturated heterocycles. The van der Waals surface area contributed by atoms with Gasteiger partial charge in [0.15, 0.2) is 0 Å². The SMILES string of the molecule is C1=C[C@@H](c2ccccc2)COC1. The Morgan fingerprint density at radius 1 is 1.17 bits per heavy atom. The van der Waals surface area contributed by atoms with Gasteiger partial charge in [0.2, 0.25) is 0 Å². The molecule has 0 radical (unpaired) electrons. The molecule has 12 heavy (non-hydrogen) atoms. The normalized spacial score (nSPS) is 22.5. The number of hydrogen-bond acceptors (Lipinski definition) is 1. The molecule has 0 amide bonds. The Balaban J connectivity index is 2.19. The fourth-order valence-electron chi connectivity index (χ4n) is 1.45. The number of ether oxygens (including phenoxy) is 1. The minimum atomic E-state index is 0.458. The lowest BCUT2D eigenvalue weighted by Gasteiger charge is -2.16. The van der Waals surface area contributed by atoms with Crippen molar-refractivity contribution in [2.75, 3.05) is 13.2 Å². The van der Waals surface area contributed by atoms with Gasteiger partial charge in [-0.25, -0.2) is 0 Å². The predicted octanol–water partition coefficient (Wildman–Crippen LogP) is 2.36. The summed E-state index contributed by atoms with van der Waals surface area (Å²) < 4.78 is 5.35. The van der Waals surface area contributed by atoms with Crippen molar-refractivity contribution in [3.8, 4) is 0 Å². The number of hydrogen-bond donors (Lipinski definition) is 0. The molecular formula is C11H12O. The average molecular weight is 160 g/mol. The van der Waals surface area contributed by atoms with Crippen LogP contribution in [0.2, 0.25) is 0 Å². The zero-order valence-corrected chi connectivity index (χ0v) is 6.94. The van der Waals surface area contributed by atoms with Gasteiger partial charge in [0.25, 0.3) is 0 Å². The van der Waals surface area contributed by atoms with Crippen LogP contribution in [0.5, 0.6) is 0 Å². The van der Waals surface area contributed by atoms with Gasteiger partial charge < -0.3 is 4.74 Å². The van der Waals surface area contributed by atoms with Gasteiger partial charge in [0.1, 0.15) is 0 Å². The summed E-state index contributed by atoms with van der Waals surface area (Å²) in [6.45, 7) is 1.59. The van der Waals surface area contributed by atoms with Crippen LogP contribution in [0.3, 0.4) is 0 Å². The van der Waals surface area contributed by atoms with Gasteiger partial charge in [-0.2, -0.15) is 0 Å². The second kappa shape index (κ2) is 3.55. The molecular weight excluding hydrogens is 148 g/mol. The summed E-state index contributed by atoms with van der Waals surface area (Å²) in [7, 11) is 0. The minimum Gasteiger partial charge on any atom is -0.376 e. The Labute approximate surface area is 72.7 Å². The Morgan fingerprint density at radius 2 is 2.00 bits per heavy atom. The van der Waals surface area contributed by atoms with E-state index in [-0.39, 0.29) is 0 Å². The van der Waals surface area contributed by atoms with Crippen LogP contribution in [-0.2, 0) is 4.74 Å². The molecule has 1 heteroatoms. The van der Waals surface area contributed by atoms with E-state index < -0.39 is 0 Å². The summed E-state index contributed by atoms with van der Waals surface area (Å²) in [6.07, 6.45) is 4.31. The molecule has 0 N–H and O–H groups in total. The van der Waals surface area contributed by atoms with Gasteiger partial charge in [-0.05, 0) is 5.56 Å². The smallest absolute Gasteiger partial charge is 0.0648 e. The van der Waals surface area contributed by atoms with Gasteiger partial charge in [-0.15, -0.1) is 0 Å². The van der Waals surface area contributed by atoms with Gasteiger partial charge in [-0.3, -0.25) is 0 Å². The Morgan fingerprint density at radius 3 is 2.67 bits per heavy atom. The van der Waals surface area contributed by atoms with Gasteiger partial charge in [0, 0.05) is 5.92 Å². The lowest BCUT2D eigenvalue weighted by Crippen LogP contribution is -2.10. The first-order chi connectivity index (χ1) is 5.97. The lowest BCUT2D eigenvalue weighted by atomic mass is 9.99. The third-order valence-electron chi connectivity index (χ3n) is 2.11. The Bertz CT molecular complexity index is 264. The molecule has 0 fully saturated rings. The molecule has 0 saturated carbocycles. The summed E-state index contributed by atoms with van der Waals surface area (Å²) in [6, 6.07) is 10.5. The summed E-state index contributed by atoms with van der Waals surface area (Å²) in [5, 5.41) is 0. The van der Waals surface area contributed by atoms with E-state index in [2.05, 4.69) is 36.4 Å². The first kappa shape index (κ1) is 7.56. The molecule has 1 aliphatic rings. The van der Waals surface area contributed by atoms with Gasteiger partial charge in [0.05, 0.1) is 13.2 Å². The quantitative estimate of drug-likeness (QED) is 0.573. The molecule has 0 unspecified atom stereocenters. The van der Waals surface area contributed by atoms with Crippen LogP contribution in [0, 0.1) is 0 Å². The highest BCUT2D eigenvalue weighted by atomic mass is 16.5. The van der Waals surface area contributed by atoms with Crippen LogP contribution in [0.1, 0.15) is 11.5 Å². The molecule has 1 nitrogen and oxygen atoms in total. The number of benzene rings is 1. The van der Waals surface area contributed by atoms with Gasteiger partial charge >= 0.3 is 0 Å². The van der Waals surface area contributed by atoms with Crippen LogP contribution >= 0.6 is 0 Å². The van der Waals surface area contributed by atoms with E-state index in [1.54, 1.807) is 0 Å². The van der Waals surface area contributed by atoms with Crippen molar-refractivity contribution in [3.63, 3.8) is 0 Å². The van der Waals surface area contributed by atoms with E-state index in [0.29, 0.717) is 5.92 Å². The molecule has 1 aliphatic heterocycles. The Kier molecular flexibility index (Phi) is 2.23. The third kappa shape index (κ3) is 1.56. The molecule has 1 aromatic rings. The number of rotatable bonds is 1. The molecule has 1 aromatic carbocycles. The van der Waals surface area contributed by atoms with Crippen molar-refractivity contribution >= 4 is 0 Å². The van der Waals surface area contributed by atoms with E-state index in [0.717, 1.165) is 13.2 Å². The lowest BCUT2D eigenvalue weighted by molar-refractivity contribution is 0.146.